The molecular weight excluding hydrogens is 386 g/mol. The highest BCUT2D eigenvalue weighted by Crippen LogP contribution is 2.33. The molecule has 4 rings (SSSR count). The van der Waals surface area contributed by atoms with Crippen molar-refractivity contribution in [1.82, 2.24) is 19.2 Å². The Morgan fingerprint density at radius 1 is 1.33 bits per heavy atom. The summed E-state index contributed by atoms with van der Waals surface area (Å²) < 4.78 is 9.44. The highest BCUT2D eigenvalue weighted by molar-refractivity contribution is 7.09. The molecule has 0 saturated carbocycles. The second-order valence-corrected chi connectivity index (χ2v) is 8.15. The molecular formula is C18H26ClN5O2S. The van der Waals surface area contributed by atoms with E-state index in [0.717, 1.165) is 61.8 Å². The number of nitrogens with zero attached hydrogens (tertiary/aromatic N) is 4. The quantitative estimate of drug-likeness (QED) is 0.783. The Hall–Kier alpha value is -1.32. The largest absolute Gasteiger partial charge is 0.391 e. The molecule has 0 bridgehead atoms. The zero-order chi connectivity index (χ0) is 19.2. The van der Waals surface area contributed by atoms with Crippen molar-refractivity contribution in [2.24, 2.45) is 0 Å². The number of ether oxygens (including phenoxy) is 1. The Kier molecular flexibility index (Phi) is 7.37. The maximum atomic E-state index is 8.78. The number of aromatic nitrogens is 3. The van der Waals surface area contributed by atoms with E-state index in [1.54, 1.807) is 12.3 Å². The van der Waals surface area contributed by atoms with E-state index in [0.29, 0.717) is 23.4 Å². The number of piperidine rings is 1. The zero-order valence-electron chi connectivity index (χ0n) is 15.5. The minimum atomic E-state index is -0.186. The number of likely N-dealkylation sites (tertiary alicyclic amines) is 1. The predicted octanol–water partition coefficient (Wildman–Crippen LogP) is 2.80. The van der Waals surface area contributed by atoms with Crippen molar-refractivity contribution in [3.05, 3.63) is 23.1 Å². The van der Waals surface area contributed by atoms with Gasteiger partial charge < -0.3 is 20.5 Å². The summed E-state index contributed by atoms with van der Waals surface area (Å²) in [7, 11) is 2.15. The van der Waals surface area contributed by atoms with E-state index in [9.17, 15) is 0 Å². The lowest BCUT2D eigenvalue weighted by Gasteiger charge is -2.27. The molecule has 7 nitrogen and oxygen atoms in total. The molecule has 0 radical (unpaired) electrons. The van der Waals surface area contributed by atoms with Crippen molar-refractivity contribution in [1.29, 1.82) is 0 Å². The topological polar surface area (TPSA) is 97.4 Å². The number of aliphatic hydroxyl groups excluding tert-OH is 1. The number of anilines is 1. The lowest BCUT2D eigenvalue weighted by Crippen LogP contribution is -2.29. The summed E-state index contributed by atoms with van der Waals surface area (Å²) in [5, 5.41) is 10.2. The van der Waals surface area contributed by atoms with Gasteiger partial charge in [0.1, 0.15) is 16.6 Å². The van der Waals surface area contributed by atoms with Gasteiger partial charge in [-0.3, -0.25) is 0 Å². The normalized spacial score (nSPS) is 21.5. The lowest BCUT2D eigenvalue weighted by molar-refractivity contribution is -0.00535. The number of pyridine rings is 1. The first-order chi connectivity index (χ1) is 13.0. The summed E-state index contributed by atoms with van der Waals surface area (Å²) in [5.41, 5.74) is 6.53. The number of hydrogen-bond donors (Lipinski definition) is 2. The van der Waals surface area contributed by atoms with E-state index in [-0.39, 0.29) is 6.10 Å². The number of rotatable bonds is 2. The first kappa shape index (κ1) is 20.4. The first-order valence-corrected chi connectivity index (χ1v) is 10.4. The molecule has 4 heterocycles. The standard InChI is InChI=1S/C13H16ClN5S.C5H10O2/c1-19-4-2-8(3-5-19)12-17-13(20-18-12)9-6-11(15)16-7-10(9)14;6-5-2-1-3-7-4-5/h6-8H,2-5H2,1H3,(H2,15,16);5-6H,1-4H2. The van der Waals surface area contributed by atoms with Crippen LogP contribution in [0.2, 0.25) is 5.02 Å². The van der Waals surface area contributed by atoms with Crippen LogP contribution in [0.5, 0.6) is 0 Å². The highest BCUT2D eigenvalue weighted by atomic mass is 35.5. The van der Waals surface area contributed by atoms with E-state index in [4.69, 9.17) is 27.2 Å². The van der Waals surface area contributed by atoms with Gasteiger partial charge in [0.25, 0.3) is 0 Å². The van der Waals surface area contributed by atoms with E-state index in [2.05, 4.69) is 26.3 Å². The van der Waals surface area contributed by atoms with Gasteiger partial charge >= 0.3 is 0 Å². The van der Waals surface area contributed by atoms with Crippen LogP contribution < -0.4 is 5.73 Å². The third-order valence-electron chi connectivity index (χ3n) is 4.77. The number of hydrogen-bond acceptors (Lipinski definition) is 8. The zero-order valence-corrected chi connectivity index (χ0v) is 17.0. The van der Waals surface area contributed by atoms with Crippen LogP contribution in [0.4, 0.5) is 5.82 Å². The molecule has 0 aliphatic carbocycles. The molecule has 0 amide bonds. The summed E-state index contributed by atoms with van der Waals surface area (Å²) in [6.07, 6.45) is 5.52. The number of halogens is 1. The van der Waals surface area contributed by atoms with Gasteiger partial charge in [-0.2, -0.15) is 4.37 Å². The van der Waals surface area contributed by atoms with Crippen molar-refractivity contribution in [3.8, 4) is 10.6 Å². The second kappa shape index (κ2) is 9.75. The summed E-state index contributed by atoms with van der Waals surface area (Å²) in [6, 6.07) is 1.75. The Labute approximate surface area is 168 Å². The molecule has 9 heteroatoms. The molecule has 2 fully saturated rings. The molecule has 2 aliphatic heterocycles. The first-order valence-electron chi connectivity index (χ1n) is 9.22. The fraction of sp³-hybridized carbons (Fsp3) is 0.611. The molecule has 1 atom stereocenters. The van der Waals surface area contributed by atoms with Crippen molar-refractivity contribution < 1.29 is 9.84 Å². The van der Waals surface area contributed by atoms with Crippen LogP contribution in [0.1, 0.15) is 37.4 Å². The van der Waals surface area contributed by atoms with Gasteiger partial charge in [-0.25, -0.2) is 9.97 Å². The fourth-order valence-corrected chi connectivity index (χ4v) is 4.14. The predicted molar refractivity (Wildman–Crippen MR) is 108 cm³/mol. The van der Waals surface area contributed by atoms with E-state index in [1.807, 2.05) is 0 Å². The monoisotopic (exact) mass is 411 g/mol. The molecule has 0 aromatic carbocycles. The number of nitrogens with two attached hydrogens (primary N) is 1. The SMILES string of the molecule is CN1CCC(c2nsc(-c3cc(N)ncc3Cl)n2)CC1.OC1CCCOC1. The van der Waals surface area contributed by atoms with Gasteiger partial charge in [0.2, 0.25) is 0 Å². The molecule has 148 valence electrons. The molecule has 0 spiro atoms. The average molecular weight is 412 g/mol. The summed E-state index contributed by atoms with van der Waals surface area (Å²) >= 11 is 7.54. The summed E-state index contributed by atoms with van der Waals surface area (Å²) in [6.45, 7) is 3.57. The maximum Gasteiger partial charge on any atom is 0.146 e. The Morgan fingerprint density at radius 2 is 2.11 bits per heavy atom. The highest BCUT2D eigenvalue weighted by Gasteiger charge is 2.23. The smallest absolute Gasteiger partial charge is 0.146 e. The lowest BCUT2D eigenvalue weighted by atomic mass is 9.96. The van der Waals surface area contributed by atoms with Crippen LogP contribution in [0.25, 0.3) is 10.6 Å². The minimum absolute atomic E-state index is 0.186. The third-order valence-corrected chi connectivity index (χ3v) is 5.83. The van der Waals surface area contributed by atoms with E-state index >= 15 is 0 Å². The molecule has 2 saturated heterocycles. The summed E-state index contributed by atoms with van der Waals surface area (Å²) in [5.74, 6) is 1.83. The maximum absolute atomic E-state index is 8.78. The van der Waals surface area contributed by atoms with Gasteiger partial charge in [-0.05, 0) is 63.4 Å². The minimum Gasteiger partial charge on any atom is -0.391 e. The van der Waals surface area contributed by atoms with Gasteiger partial charge in [-0.1, -0.05) is 11.6 Å². The third kappa shape index (κ3) is 5.83. The van der Waals surface area contributed by atoms with Crippen molar-refractivity contribution >= 4 is 29.0 Å². The van der Waals surface area contributed by atoms with Gasteiger partial charge in [-0.15, -0.1) is 0 Å². The molecule has 2 aliphatic rings. The molecule has 27 heavy (non-hydrogen) atoms. The fourth-order valence-electron chi connectivity index (χ4n) is 3.12. The van der Waals surface area contributed by atoms with Crippen LogP contribution in [0, 0.1) is 0 Å². The second-order valence-electron chi connectivity index (χ2n) is 7.00. The van der Waals surface area contributed by atoms with E-state index in [1.165, 1.54) is 11.5 Å². The van der Waals surface area contributed by atoms with Gasteiger partial charge in [0.05, 0.1) is 17.7 Å². The Bertz CT molecular complexity index is 730. The molecule has 1 unspecified atom stereocenters. The molecule has 2 aromatic rings. The van der Waals surface area contributed by atoms with Crippen LogP contribution in [0.15, 0.2) is 12.3 Å². The summed E-state index contributed by atoms with van der Waals surface area (Å²) in [4.78, 5) is 11.0. The molecule has 2 aromatic heterocycles. The van der Waals surface area contributed by atoms with Gasteiger partial charge in [0.15, 0.2) is 0 Å². The van der Waals surface area contributed by atoms with Crippen LogP contribution in [-0.2, 0) is 4.74 Å². The Balaban J connectivity index is 0.000000253. The van der Waals surface area contributed by atoms with Crippen molar-refractivity contribution in [3.63, 3.8) is 0 Å². The number of nitrogen functional groups attached to an aromatic ring is 1. The Morgan fingerprint density at radius 3 is 2.74 bits per heavy atom. The molecule has 3 N–H and O–H groups in total. The van der Waals surface area contributed by atoms with Crippen LogP contribution in [0.3, 0.4) is 0 Å². The van der Waals surface area contributed by atoms with E-state index < -0.39 is 0 Å². The van der Waals surface area contributed by atoms with Crippen LogP contribution >= 0.6 is 23.1 Å². The van der Waals surface area contributed by atoms with Crippen LogP contribution in [-0.4, -0.2) is 63.8 Å². The number of aliphatic hydroxyl groups is 1. The average Bonchev–Trinajstić information content (AvgIpc) is 3.15. The van der Waals surface area contributed by atoms with Crippen molar-refractivity contribution in [2.45, 2.75) is 37.7 Å². The van der Waals surface area contributed by atoms with Gasteiger partial charge in [0, 0.05) is 24.3 Å². The van der Waals surface area contributed by atoms with Crippen molar-refractivity contribution in [2.75, 3.05) is 39.1 Å².